The first-order valence-electron chi connectivity index (χ1n) is 7.96. The fraction of sp³-hybridized carbons (Fsp3) is 0.471. The van der Waals surface area contributed by atoms with E-state index in [0.29, 0.717) is 11.9 Å². The van der Waals surface area contributed by atoms with Crippen LogP contribution in [0.25, 0.3) is 0 Å². The molecular formula is C17H23N5O. The molecule has 1 aliphatic rings. The molecule has 1 aromatic heterocycles. The minimum Gasteiger partial charge on any atom is -0.378 e. The van der Waals surface area contributed by atoms with Crippen LogP contribution in [0.1, 0.15) is 43.6 Å². The first-order chi connectivity index (χ1) is 11.0. The second-order valence-electron chi connectivity index (χ2n) is 6.35. The van der Waals surface area contributed by atoms with E-state index in [-0.39, 0.29) is 11.9 Å². The number of benzene rings is 1. The number of amides is 1. The van der Waals surface area contributed by atoms with Gasteiger partial charge in [0.25, 0.3) is 0 Å². The Labute approximate surface area is 136 Å². The van der Waals surface area contributed by atoms with Crippen molar-refractivity contribution in [1.29, 1.82) is 0 Å². The third kappa shape index (κ3) is 3.06. The van der Waals surface area contributed by atoms with E-state index >= 15 is 0 Å². The molecule has 1 aliphatic heterocycles. The summed E-state index contributed by atoms with van der Waals surface area (Å²) in [6.45, 7) is 3.64. The summed E-state index contributed by atoms with van der Waals surface area (Å²) in [5.41, 5.74) is 2.52. The Bertz CT molecular complexity index is 704. The number of hydrogen-bond acceptors (Lipinski definition) is 4. The van der Waals surface area contributed by atoms with Gasteiger partial charge < -0.3 is 4.90 Å². The van der Waals surface area contributed by atoms with Gasteiger partial charge in [0, 0.05) is 39.0 Å². The van der Waals surface area contributed by atoms with Crippen molar-refractivity contribution in [2.24, 2.45) is 0 Å². The number of fused-ring (bicyclic) bond motifs is 1. The number of aromatic nitrogens is 3. The first-order valence-corrected chi connectivity index (χ1v) is 7.96. The molecule has 0 spiro atoms. The lowest BCUT2D eigenvalue weighted by Crippen LogP contribution is -2.24. The van der Waals surface area contributed by atoms with E-state index in [4.69, 9.17) is 0 Å². The number of carbonyl (C=O) groups excluding carboxylic acids is 1. The van der Waals surface area contributed by atoms with E-state index in [2.05, 4.69) is 51.5 Å². The molecule has 6 nitrogen and oxygen atoms in total. The van der Waals surface area contributed by atoms with Crippen LogP contribution in [0.5, 0.6) is 0 Å². The lowest BCUT2D eigenvalue weighted by molar-refractivity contribution is -0.114. The molecule has 122 valence electrons. The van der Waals surface area contributed by atoms with Crippen molar-refractivity contribution in [3.8, 4) is 0 Å². The molecule has 0 saturated carbocycles. The minimum absolute atomic E-state index is 0.142. The fourth-order valence-corrected chi connectivity index (χ4v) is 3.22. The molecule has 0 fully saturated rings. The molecule has 1 aromatic carbocycles. The summed E-state index contributed by atoms with van der Waals surface area (Å²) in [7, 11) is 4.09. The summed E-state index contributed by atoms with van der Waals surface area (Å²) in [6, 6.07) is 8.93. The molecule has 0 saturated heterocycles. The molecule has 3 rings (SSSR count). The van der Waals surface area contributed by atoms with Crippen molar-refractivity contribution in [2.45, 2.75) is 38.6 Å². The van der Waals surface area contributed by atoms with E-state index in [9.17, 15) is 4.79 Å². The van der Waals surface area contributed by atoms with Crippen LogP contribution < -0.4 is 10.2 Å². The normalized spacial score (nSPS) is 20.0. The van der Waals surface area contributed by atoms with Crippen LogP contribution in [0.15, 0.2) is 24.3 Å². The summed E-state index contributed by atoms with van der Waals surface area (Å²) in [6.07, 6.45) is 1.91. The van der Waals surface area contributed by atoms with E-state index in [1.54, 1.807) is 0 Å². The van der Waals surface area contributed by atoms with Crippen LogP contribution in [-0.4, -0.2) is 34.8 Å². The highest BCUT2D eigenvalue weighted by molar-refractivity contribution is 5.86. The number of aryl methyl sites for hydroxylation is 1. The van der Waals surface area contributed by atoms with Crippen LogP contribution in [0.4, 0.5) is 11.6 Å². The zero-order valence-corrected chi connectivity index (χ0v) is 14.1. The van der Waals surface area contributed by atoms with Crippen LogP contribution in [0, 0.1) is 0 Å². The maximum absolute atomic E-state index is 11.2. The van der Waals surface area contributed by atoms with Crippen molar-refractivity contribution >= 4 is 17.5 Å². The van der Waals surface area contributed by atoms with Gasteiger partial charge in [-0.3, -0.25) is 10.1 Å². The number of nitrogens with zero attached hydrogens (tertiary/aromatic N) is 4. The van der Waals surface area contributed by atoms with Gasteiger partial charge in [-0.15, -0.1) is 5.10 Å². The average Bonchev–Trinajstić information content (AvgIpc) is 2.90. The Hall–Kier alpha value is -2.37. The summed E-state index contributed by atoms with van der Waals surface area (Å²) < 4.78 is 1.96. The molecule has 2 unspecified atom stereocenters. The van der Waals surface area contributed by atoms with Crippen molar-refractivity contribution in [3.63, 3.8) is 0 Å². The van der Waals surface area contributed by atoms with Crippen LogP contribution in [0.3, 0.4) is 0 Å². The standard InChI is InChI=1S/C17H23N5O/c1-11-15(13-5-7-14(8-6-13)21(3)4)9-10-16-19-17(18-12(2)23)20-22(11)16/h5-8,11,15H,9-10H2,1-4H3,(H,18,20,23). The highest BCUT2D eigenvalue weighted by Crippen LogP contribution is 2.37. The average molecular weight is 313 g/mol. The van der Waals surface area contributed by atoms with Gasteiger partial charge in [-0.2, -0.15) is 4.98 Å². The zero-order valence-electron chi connectivity index (χ0n) is 14.1. The number of anilines is 2. The molecule has 2 atom stereocenters. The molecule has 0 bridgehead atoms. The van der Waals surface area contributed by atoms with Gasteiger partial charge in [-0.1, -0.05) is 12.1 Å². The Kier molecular flexibility index (Phi) is 4.07. The third-order valence-corrected chi connectivity index (χ3v) is 4.47. The predicted octanol–water partition coefficient (Wildman–Crippen LogP) is 2.59. The second-order valence-corrected chi connectivity index (χ2v) is 6.35. The van der Waals surface area contributed by atoms with Crippen molar-refractivity contribution < 1.29 is 4.79 Å². The first kappa shape index (κ1) is 15.5. The molecule has 0 radical (unpaired) electrons. The molecule has 0 aliphatic carbocycles. The highest BCUT2D eigenvalue weighted by atomic mass is 16.1. The van der Waals surface area contributed by atoms with Gasteiger partial charge in [0.05, 0.1) is 6.04 Å². The van der Waals surface area contributed by atoms with Gasteiger partial charge in [0.15, 0.2) is 0 Å². The maximum Gasteiger partial charge on any atom is 0.248 e. The molecule has 2 aromatic rings. The molecule has 1 N–H and O–H groups in total. The number of hydrogen-bond donors (Lipinski definition) is 1. The molecule has 6 heteroatoms. The van der Waals surface area contributed by atoms with Crippen LogP contribution in [-0.2, 0) is 11.2 Å². The van der Waals surface area contributed by atoms with Gasteiger partial charge in [-0.25, -0.2) is 4.68 Å². The smallest absolute Gasteiger partial charge is 0.248 e. The monoisotopic (exact) mass is 313 g/mol. The van der Waals surface area contributed by atoms with E-state index < -0.39 is 0 Å². The molecular weight excluding hydrogens is 290 g/mol. The van der Waals surface area contributed by atoms with E-state index in [1.807, 2.05) is 18.8 Å². The van der Waals surface area contributed by atoms with Crippen LogP contribution >= 0.6 is 0 Å². The van der Waals surface area contributed by atoms with Crippen molar-refractivity contribution in [1.82, 2.24) is 14.8 Å². The molecule has 23 heavy (non-hydrogen) atoms. The maximum atomic E-state index is 11.2. The largest absolute Gasteiger partial charge is 0.378 e. The van der Waals surface area contributed by atoms with Gasteiger partial charge in [0.2, 0.25) is 11.9 Å². The minimum atomic E-state index is -0.142. The Morgan fingerprint density at radius 1 is 1.30 bits per heavy atom. The van der Waals surface area contributed by atoms with E-state index in [1.165, 1.54) is 18.2 Å². The van der Waals surface area contributed by atoms with Crippen molar-refractivity contribution in [2.75, 3.05) is 24.3 Å². The zero-order chi connectivity index (χ0) is 16.6. The van der Waals surface area contributed by atoms with Gasteiger partial charge >= 0.3 is 0 Å². The Morgan fingerprint density at radius 3 is 2.61 bits per heavy atom. The predicted molar refractivity (Wildman–Crippen MR) is 90.9 cm³/mol. The van der Waals surface area contributed by atoms with Gasteiger partial charge in [-0.05, 0) is 31.0 Å². The summed E-state index contributed by atoms with van der Waals surface area (Å²) in [5, 5.41) is 7.13. The van der Waals surface area contributed by atoms with Crippen molar-refractivity contribution in [3.05, 3.63) is 35.7 Å². The third-order valence-electron chi connectivity index (χ3n) is 4.47. The van der Waals surface area contributed by atoms with Crippen LogP contribution in [0.2, 0.25) is 0 Å². The Morgan fingerprint density at radius 2 is 2.00 bits per heavy atom. The van der Waals surface area contributed by atoms with Gasteiger partial charge in [0.1, 0.15) is 5.82 Å². The number of rotatable bonds is 3. The molecule has 1 amide bonds. The topological polar surface area (TPSA) is 63.1 Å². The quantitative estimate of drug-likeness (QED) is 0.946. The van der Waals surface area contributed by atoms with E-state index in [0.717, 1.165) is 18.7 Å². The Balaban J connectivity index is 1.83. The number of nitrogens with one attached hydrogen (secondary N) is 1. The number of carbonyl (C=O) groups is 1. The fourth-order valence-electron chi connectivity index (χ4n) is 3.22. The summed E-state index contributed by atoms with van der Waals surface area (Å²) >= 11 is 0. The summed E-state index contributed by atoms with van der Waals surface area (Å²) in [4.78, 5) is 17.7. The highest BCUT2D eigenvalue weighted by Gasteiger charge is 2.29. The SMILES string of the molecule is CC(=O)Nc1nc2n(n1)C(C)C(c1ccc(N(C)C)cc1)CC2. The molecule has 2 heterocycles. The second kappa shape index (κ2) is 6.02. The lowest BCUT2D eigenvalue weighted by Gasteiger charge is -2.30. The lowest BCUT2D eigenvalue weighted by atomic mass is 9.86. The summed E-state index contributed by atoms with van der Waals surface area (Å²) in [5.74, 6) is 1.62.